The predicted octanol–water partition coefficient (Wildman–Crippen LogP) is 2.40. The summed E-state index contributed by atoms with van der Waals surface area (Å²) in [4.78, 5) is 8.22. The molecule has 106 valence electrons. The second kappa shape index (κ2) is 6.79. The Hall–Kier alpha value is -1.49. The van der Waals surface area contributed by atoms with Crippen LogP contribution >= 0.6 is 12.4 Å². The first-order valence-corrected chi connectivity index (χ1v) is 6.53. The van der Waals surface area contributed by atoms with Crippen LogP contribution in [0.4, 0.5) is 0 Å². The van der Waals surface area contributed by atoms with Gasteiger partial charge in [0.2, 0.25) is 0 Å². The fourth-order valence-corrected chi connectivity index (χ4v) is 2.64. The van der Waals surface area contributed by atoms with Crippen molar-refractivity contribution < 1.29 is 4.74 Å². The maximum Gasteiger partial charge on any atom is 0.115 e. The highest BCUT2D eigenvalue weighted by Crippen LogP contribution is 2.33. The number of halogens is 1. The second-order valence-electron chi connectivity index (χ2n) is 4.67. The van der Waals surface area contributed by atoms with Gasteiger partial charge in [-0.3, -0.25) is 0 Å². The number of likely N-dealkylation sites (N-methyl/N-ethyl adjacent to an activating group) is 1. The Labute approximate surface area is 125 Å². The zero-order valence-corrected chi connectivity index (χ0v) is 12.2. The predicted molar refractivity (Wildman–Crippen MR) is 81.0 cm³/mol. The summed E-state index contributed by atoms with van der Waals surface area (Å²) < 4.78 is 5.84. The number of nitrogens with zero attached hydrogens (tertiary/aromatic N) is 2. The number of benzene rings is 1. The number of aromatic nitrogens is 2. The van der Waals surface area contributed by atoms with Gasteiger partial charge in [0.05, 0.1) is 12.7 Å². The third-order valence-corrected chi connectivity index (χ3v) is 3.49. The van der Waals surface area contributed by atoms with E-state index in [1.807, 2.05) is 19.4 Å². The summed E-state index contributed by atoms with van der Waals surface area (Å²) in [7, 11) is 1.95. The van der Waals surface area contributed by atoms with Crippen LogP contribution < -0.4 is 5.32 Å². The zero-order valence-electron chi connectivity index (χ0n) is 11.4. The molecule has 0 saturated carbocycles. The van der Waals surface area contributed by atoms with Crippen LogP contribution in [0.5, 0.6) is 0 Å². The van der Waals surface area contributed by atoms with Crippen molar-refractivity contribution in [2.75, 3.05) is 20.2 Å². The number of rotatable bonds is 3. The Morgan fingerprint density at radius 1 is 1.30 bits per heavy atom. The summed E-state index contributed by atoms with van der Waals surface area (Å²) >= 11 is 0. The molecule has 1 aliphatic heterocycles. The van der Waals surface area contributed by atoms with Gasteiger partial charge in [0.15, 0.2) is 0 Å². The molecule has 0 bridgehead atoms. The summed E-state index contributed by atoms with van der Waals surface area (Å²) in [6, 6.07) is 6.38. The van der Waals surface area contributed by atoms with Gasteiger partial charge in [-0.05, 0) is 30.2 Å². The Kier molecular flexibility index (Phi) is 5.06. The lowest BCUT2D eigenvalue weighted by Crippen LogP contribution is -2.25. The summed E-state index contributed by atoms with van der Waals surface area (Å²) in [6.45, 7) is 1.60. The summed E-state index contributed by atoms with van der Waals surface area (Å²) in [5.41, 5.74) is 4.94. The molecule has 2 heterocycles. The minimum atomic E-state index is 0. The normalized spacial score (nSPS) is 17.1. The monoisotopic (exact) mass is 291 g/mol. The van der Waals surface area contributed by atoms with Crippen molar-refractivity contribution >= 4 is 12.4 Å². The molecule has 3 rings (SSSR count). The van der Waals surface area contributed by atoms with Gasteiger partial charge in [-0.2, -0.15) is 0 Å². The van der Waals surface area contributed by atoms with E-state index in [1.165, 1.54) is 16.7 Å². The first kappa shape index (κ1) is 14.9. The van der Waals surface area contributed by atoms with Crippen molar-refractivity contribution in [3.05, 3.63) is 48.0 Å². The smallest absolute Gasteiger partial charge is 0.115 e. The summed E-state index contributed by atoms with van der Waals surface area (Å²) in [6.07, 6.45) is 6.38. The highest BCUT2D eigenvalue weighted by atomic mass is 35.5. The van der Waals surface area contributed by atoms with E-state index in [0.717, 1.165) is 25.1 Å². The SMILES string of the molecule is CNC[C@@H]1OCCc2c(-c3cncnc3)cccc21.Cl. The van der Waals surface area contributed by atoms with Crippen LogP contribution in [0.15, 0.2) is 36.9 Å². The van der Waals surface area contributed by atoms with E-state index in [0.29, 0.717) is 0 Å². The lowest BCUT2D eigenvalue weighted by atomic mass is 9.90. The van der Waals surface area contributed by atoms with E-state index in [4.69, 9.17) is 4.74 Å². The molecular formula is C15H18ClN3O. The largest absolute Gasteiger partial charge is 0.372 e. The van der Waals surface area contributed by atoms with E-state index in [9.17, 15) is 0 Å². The molecule has 1 atom stereocenters. The van der Waals surface area contributed by atoms with Gasteiger partial charge >= 0.3 is 0 Å². The molecule has 1 aromatic carbocycles. The lowest BCUT2D eigenvalue weighted by Gasteiger charge is -2.27. The lowest BCUT2D eigenvalue weighted by molar-refractivity contribution is 0.0440. The van der Waals surface area contributed by atoms with E-state index in [2.05, 4.69) is 33.5 Å². The van der Waals surface area contributed by atoms with Crippen LogP contribution in [0, 0.1) is 0 Å². The van der Waals surface area contributed by atoms with Crippen molar-refractivity contribution in [3.63, 3.8) is 0 Å². The molecule has 1 aromatic heterocycles. The van der Waals surface area contributed by atoms with E-state index in [1.54, 1.807) is 6.33 Å². The van der Waals surface area contributed by atoms with Gasteiger partial charge in [0.25, 0.3) is 0 Å². The number of fused-ring (bicyclic) bond motifs is 1. The molecule has 0 aliphatic carbocycles. The molecule has 0 amide bonds. The van der Waals surface area contributed by atoms with Crippen LogP contribution in [0.2, 0.25) is 0 Å². The molecule has 5 heteroatoms. The van der Waals surface area contributed by atoms with Crippen molar-refractivity contribution in [3.8, 4) is 11.1 Å². The summed E-state index contributed by atoms with van der Waals surface area (Å²) in [5.74, 6) is 0. The fraction of sp³-hybridized carbons (Fsp3) is 0.333. The number of nitrogens with one attached hydrogen (secondary N) is 1. The van der Waals surface area contributed by atoms with Crippen molar-refractivity contribution in [1.82, 2.24) is 15.3 Å². The average Bonchev–Trinajstić information content (AvgIpc) is 2.48. The average molecular weight is 292 g/mol. The van der Waals surface area contributed by atoms with Crippen LogP contribution in [-0.2, 0) is 11.2 Å². The van der Waals surface area contributed by atoms with Crippen LogP contribution in [0.25, 0.3) is 11.1 Å². The number of hydrogen-bond acceptors (Lipinski definition) is 4. The van der Waals surface area contributed by atoms with E-state index < -0.39 is 0 Å². The fourth-order valence-electron chi connectivity index (χ4n) is 2.64. The highest BCUT2D eigenvalue weighted by Gasteiger charge is 2.22. The van der Waals surface area contributed by atoms with Crippen LogP contribution in [0.1, 0.15) is 17.2 Å². The first-order chi connectivity index (χ1) is 9.40. The Morgan fingerprint density at radius 3 is 2.85 bits per heavy atom. The Balaban J connectivity index is 0.00000147. The molecule has 4 nitrogen and oxygen atoms in total. The molecule has 2 aromatic rings. The Morgan fingerprint density at radius 2 is 2.10 bits per heavy atom. The third-order valence-electron chi connectivity index (χ3n) is 3.49. The number of hydrogen-bond donors (Lipinski definition) is 1. The standard InChI is InChI=1S/C15H17N3O.ClH/c1-16-9-15-14-4-2-3-12(13(14)5-6-19-15)11-7-17-10-18-8-11;/h2-4,7-8,10,15-16H,5-6,9H2,1H3;1H/t15-;/m0./s1. The van der Waals surface area contributed by atoms with E-state index in [-0.39, 0.29) is 18.5 Å². The van der Waals surface area contributed by atoms with Crippen molar-refractivity contribution in [2.24, 2.45) is 0 Å². The van der Waals surface area contributed by atoms with Crippen LogP contribution in [-0.4, -0.2) is 30.2 Å². The van der Waals surface area contributed by atoms with E-state index >= 15 is 0 Å². The maximum atomic E-state index is 5.84. The van der Waals surface area contributed by atoms with Gasteiger partial charge in [-0.25, -0.2) is 9.97 Å². The van der Waals surface area contributed by atoms with Gasteiger partial charge in [0.1, 0.15) is 6.33 Å². The third kappa shape index (κ3) is 2.82. The van der Waals surface area contributed by atoms with Gasteiger partial charge < -0.3 is 10.1 Å². The number of ether oxygens (including phenoxy) is 1. The van der Waals surface area contributed by atoms with Crippen molar-refractivity contribution in [1.29, 1.82) is 0 Å². The van der Waals surface area contributed by atoms with Crippen LogP contribution in [0.3, 0.4) is 0 Å². The van der Waals surface area contributed by atoms with Gasteiger partial charge in [0, 0.05) is 24.5 Å². The molecule has 20 heavy (non-hydrogen) atoms. The first-order valence-electron chi connectivity index (χ1n) is 6.53. The molecule has 0 saturated heterocycles. The molecule has 0 unspecified atom stereocenters. The molecule has 1 N–H and O–H groups in total. The zero-order chi connectivity index (χ0) is 13.1. The molecule has 1 aliphatic rings. The molecule has 0 spiro atoms. The minimum absolute atomic E-state index is 0. The van der Waals surface area contributed by atoms with Crippen molar-refractivity contribution in [2.45, 2.75) is 12.5 Å². The Bertz CT molecular complexity index is 562. The maximum absolute atomic E-state index is 5.84. The molecular weight excluding hydrogens is 274 g/mol. The highest BCUT2D eigenvalue weighted by molar-refractivity contribution is 5.85. The summed E-state index contributed by atoms with van der Waals surface area (Å²) in [5, 5.41) is 3.19. The molecule has 0 radical (unpaired) electrons. The topological polar surface area (TPSA) is 47.0 Å². The van der Waals surface area contributed by atoms with Gasteiger partial charge in [-0.1, -0.05) is 18.2 Å². The second-order valence-corrected chi connectivity index (χ2v) is 4.67. The van der Waals surface area contributed by atoms with Gasteiger partial charge in [-0.15, -0.1) is 12.4 Å². The minimum Gasteiger partial charge on any atom is -0.372 e. The molecule has 0 fully saturated rings. The quantitative estimate of drug-likeness (QED) is 0.943.